The van der Waals surface area contributed by atoms with Crippen molar-refractivity contribution in [2.45, 2.75) is 113 Å². The van der Waals surface area contributed by atoms with Crippen molar-refractivity contribution < 1.29 is 59.2 Å². The van der Waals surface area contributed by atoms with Gasteiger partial charge in [-0.2, -0.15) is 49.7 Å². The third kappa shape index (κ3) is 11.7. The van der Waals surface area contributed by atoms with Crippen molar-refractivity contribution in [2.75, 3.05) is 58.5 Å². The Bertz CT molecular complexity index is 2940. The van der Waals surface area contributed by atoms with Crippen molar-refractivity contribution in [2.24, 2.45) is 16.8 Å². The summed E-state index contributed by atoms with van der Waals surface area (Å²) in [6, 6.07) is 0.948. The minimum Gasteiger partial charge on any atom is -0.381 e. The number of H-pyrrole nitrogens is 2. The molecule has 0 aromatic carbocycles. The number of aliphatic imine (C=N–C) groups is 1. The Balaban J connectivity index is 0.000000158. The molecule has 30 heteroatoms. The normalized spacial score (nSPS) is 26.6. The van der Waals surface area contributed by atoms with E-state index in [4.69, 9.17) is 36.4 Å². The molecule has 0 aliphatic carbocycles. The summed E-state index contributed by atoms with van der Waals surface area (Å²) in [5.41, 5.74) is -8.08. The lowest BCUT2D eigenvalue weighted by Gasteiger charge is -2.41. The number of halogens is 10. The van der Waals surface area contributed by atoms with Crippen LogP contribution in [0.4, 0.5) is 39.5 Å². The van der Waals surface area contributed by atoms with Crippen LogP contribution in [-0.2, 0) is 22.2 Å². The maximum Gasteiger partial charge on any atom is 0.438 e. The molecule has 20 nitrogen and oxygen atoms in total. The Hall–Kier alpha value is -5.33. The van der Waals surface area contributed by atoms with Gasteiger partial charge >= 0.3 is 18.5 Å². The van der Waals surface area contributed by atoms with E-state index in [0.717, 1.165) is 75.5 Å². The van der Waals surface area contributed by atoms with Crippen molar-refractivity contribution in [1.29, 1.82) is 0 Å². The fourth-order valence-corrected chi connectivity index (χ4v) is 9.90. The SMILES string of the molecule is CC1CNCC1c1nn2c(C3CCOCC3)ncc2c(=O)[nH]1.Cc1cc(C(F)(F)F)nc(CN2CC(C)C(c3nn4c(C5CCOCC5)ncc4c(=O)[nH]3)C2)n1.OC1(C(F)(F)F)CC(O)(C(F)(F)F)NC(CCl)=N1. The van der Waals surface area contributed by atoms with Crippen LogP contribution in [0.3, 0.4) is 0 Å². The van der Waals surface area contributed by atoms with Crippen molar-refractivity contribution in [1.82, 2.24) is 64.7 Å². The number of hydrogen-bond acceptors (Lipinski definition) is 16. The van der Waals surface area contributed by atoms with Crippen LogP contribution < -0.4 is 21.8 Å². The lowest BCUT2D eigenvalue weighted by molar-refractivity contribution is -0.322. The summed E-state index contributed by atoms with van der Waals surface area (Å²) in [5.74, 6) is 2.49. The monoisotopic (exact) mass is 1080 g/mol. The third-order valence-electron chi connectivity index (χ3n) is 13.8. The van der Waals surface area contributed by atoms with Gasteiger partial charge in [-0.25, -0.2) is 34.0 Å². The fraction of sp³-hybridized carbons (Fsp3) is 0.659. The molecule has 0 bridgehead atoms. The number of amidine groups is 1. The standard InChI is InChI=1S/C22H26F3N7O2.C15H21N5O2.C7H7ClF6N2O2/c1-12-9-31(11-18-27-13(2)7-17(28-18)22(23,24)25)10-15(12)19-29-21(33)16-8-26-20(32(16)30-19)14-3-5-34-6-4-14;1-9-6-16-7-11(9)13-18-15(21)12-8-17-14(20(12)19-13)10-2-4-22-5-3-10;8-1-3-15-4(17,6(9,10)11)2-5(18,16-3)7(12,13)14/h7-8,12,14-15H,3-6,9-11H2,1-2H3,(H,29,30,33);8-11,16H,2-7H2,1H3,(H,18,19,21);17-18H,1-2H2,(H,15,16). The number of fused-ring (bicyclic) bond motifs is 2. The molecule has 4 fully saturated rings. The predicted molar refractivity (Wildman–Crippen MR) is 244 cm³/mol. The number of aromatic nitrogens is 10. The van der Waals surface area contributed by atoms with Gasteiger partial charge in [0.1, 0.15) is 40.7 Å². The van der Waals surface area contributed by atoms with E-state index in [1.807, 2.05) is 11.8 Å². The van der Waals surface area contributed by atoms with E-state index in [0.29, 0.717) is 55.0 Å². The van der Waals surface area contributed by atoms with Crippen LogP contribution in [0.1, 0.15) is 110 Å². The number of nitrogens with one attached hydrogen (secondary N) is 4. The van der Waals surface area contributed by atoms with Gasteiger partial charge < -0.3 is 40.3 Å². The number of nitrogens with zero attached hydrogens (tertiary/aromatic N) is 10. The lowest BCUT2D eigenvalue weighted by Crippen LogP contribution is -2.68. The fourth-order valence-electron chi connectivity index (χ4n) is 9.77. The summed E-state index contributed by atoms with van der Waals surface area (Å²) in [6.45, 7) is 11.7. The Kier molecular flexibility index (Phi) is 15.9. The molecular weight excluding hydrogens is 1030 g/mol. The number of aryl methyl sites for hydroxylation is 1. The summed E-state index contributed by atoms with van der Waals surface area (Å²) in [6.07, 6.45) is -10.9. The molecule has 6 unspecified atom stereocenters. The van der Waals surface area contributed by atoms with Crippen molar-refractivity contribution >= 4 is 28.5 Å². The number of hydrogen-bond donors (Lipinski definition) is 6. The number of rotatable bonds is 7. The molecule has 0 radical (unpaired) electrons. The van der Waals surface area contributed by atoms with Crippen molar-refractivity contribution in [3.05, 3.63) is 79.7 Å². The average molecular weight is 1080 g/mol. The highest BCUT2D eigenvalue weighted by atomic mass is 35.5. The second kappa shape index (κ2) is 21.4. The van der Waals surface area contributed by atoms with Crippen molar-refractivity contribution in [3.63, 3.8) is 0 Å². The molecule has 5 aromatic heterocycles. The second-order valence-electron chi connectivity index (χ2n) is 19.3. The maximum atomic E-state index is 13.2. The molecule has 6 atom stereocenters. The first-order chi connectivity index (χ1) is 34.8. The summed E-state index contributed by atoms with van der Waals surface area (Å²) in [7, 11) is 0. The molecule has 6 N–H and O–H groups in total. The zero-order valence-electron chi connectivity index (χ0n) is 40.1. The van der Waals surface area contributed by atoms with Crippen LogP contribution in [-0.4, -0.2) is 152 Å². The molecule has 4 saturated heterocycles. The number of aromatic amines is 2. The minimum absolute atomic E-state index is 0.0889. The highest BCUT2D eigenvalue weighted by Crippen LogP contribution is 2.44. The van der Waals surface area contributed by atoms with Gasteiger partial charge in [0.2, 0.25) is 5.72 Å². The van der Waals surface area contributed by atoms with E-state index in [2.05, 4.69) is 47.1 Å². The van der Waals surface area contributed by atoms with Crippen LogP contribution in [0.25, 0.3) is 11.0 Å². The average Bonchev–Trinajstić information content (AvgIpc) is 4.15. The third-order valence-corrected chi connectivity index (χ3v) is 14.0. The van der Waals surface area contributed by atoms with Crippen LogP contribution in [0.5, 0.6) is 0 Å². The minimum atomic E-state index is -5.48. The highest BCUT2D eigenvalue weighted by molar-refractivity contribution is 6.28. The molecule has 74 heavy (non-hydrogen) atoms. The first-order valence-corrected chi connectivity index (χ1v) is 24.3. The van der Waals surface area contributed by atoms with Crippen molar-refractivity contribution in [3.8, 4) is 0 Å². The van der Waals surface area contributed by atoms with Gasteiger partial charge in [0.15, 0.2) is 11.0 Å². The number of aliphatic hydroxyl groups is 2. The van der Waals surface area contributed by atoms with Crippen LogP contribution in [0.2, 0.25) is 0 Å². The Morgan fingerprint density at radius 3 is 1.77 bits per heavy atom. The molecule has 5 aliphatic rings. The molecule has 0 saturated carbocycles. The molecule has 406 valence electrons. The molecule has 10 heterocycles. The van der Waals surface area contributed by atoms with E-state index in [1.54, 1.807) is 21.4 Å². The molecule has 0 amide bonds. The smallest absolute Gasteiger partial charge is 0.381 e. The Morgan fingerprint density at radius 2 is 1.30 bits per heavy atom. The molecule has 5 aliphatic heterocycles. The van der Waals surface area contributed by atoms with Gasteiger partial charge in [0.05, 0.1) is 31.2 Å². The molecule has 0 spiro atoms. The zero-order chi connectivity index (χ0) is 53.5. The van der Waals surface area contributed by atoms with Gasteiger partial charge in [-0.15, -0.1) is 11.6 Å². The number of imidazole rings is 2. The summed E-state index contributed by atoms with van der Waals surface area (Å²) in [5, 5.41) is 32.5. The van der Waals surface area contributed by atoms with Crippen LogP contribution in [0, 0.1) is 18.8 Å². The molecule has 10 rings (SSSR count). The van der Waals surface area contributed by atoms with E-state index in [9.17, 15) is 54.2 Å². The number of likely N-dealkylation sites (tertiary alicyclic amines) is 1. The first kappa shape index (κ1) is 54.9. The van der Waals surface area contributed by atoms with Crippen LogP contribution >= 0.6 is 11.6 Å². The Labute approximate surface area is 419 Å². The number of ether oxygens (including phenoxy) is 2. The quantitative estimate of drug-likeness (QED) is 0.0976. The molecular formula is C44H54ClF9N14O6. The molecule has 5 aromatic rings. The van der Waals surface area contributed by atoms with Gasteiger partial charge in [0.25, 0.3) is 16.8 Å². The second-order valence-corrected chi connectivity index (χ2v) is 19.5. The topological polar surface area (TPSA) is 250 Å². The van der Waals surface area contributed by atoms with Crippen LogP contribution in [0.15, 0.2) is 33.0 Å². The van der Waals surface area contributed by atoms with Gasteiger partial charge in [-0.05, 0) is 57.1 Å². The Morgan fingerprint density at radius 1 is 0.757 bits per heavy atom. The van der Waals surface area contributed by atoms with E-state index in [1.165, 1.54) is 12.2 Å². The number of alkyl halides is 10. The zero-order valence-corrected chi connectivity index (χ0v) is 40.8. The highest BCUT2D eigenvalue weighted by Gasteiger charge is 2.67. The first-order valence-electron chi connectivity index (χ1n) is 23.7. The lowest BCUT2D eigenvalue weighted by atomic mass is 9.96. The summed E-state index contributed by atoms with van der Waals surface area (Å²) >= 11 is 5.08. The van der Waals surface area contributed by atoms with Gasteiger partial charge in [-0.3, -0.25) is 14.5 Å². The largest absolute Gasteiger partial charge is 0.438 e. The maximum absolute atomic E-state index is 13.2. The summed E-state index contributed by atoms with van der Waals surface area (Å²) in [4.78, 5) is 52.5. The van der Waals surface area contributed by atoms with Gasteiger partial charge in [0, 0.05) is 75.4 Å². The van der Waals surface area contributed by atoms with Gasteiger partial charge in [-0.1, -0.05) is 13.8 Å². The van der Waals surface area contributed by atoms with E-state index >= 15 is 0 Å². The summed E-state index contributed by atoms with van der Waals surface area (Å²) < 4.78 is 129. The predicted octanol–water partition coefficient (Wildman–Crippen LogP) is 4.42. The van der Waals surface area contributed by atoms with E-state index < -0.39 is 53.8 Å². The van der Waals surface area contributed by atoms with E-state index in [-0.39, 0.29) is 52.9 Å².